The first-order valence-corrected chi connectivity index (χ1v) is 9.62. The van der Waals surface area contributed by atoms with Gasteiger partial charge in [-0.25, -0.2) is 0 Å². The van der Waals surface area contributed by atoms with Crippen molar-refractivity contribution in [3.8, 4) is 5.75 Å². The molecule has 2 aromatic carbocycles. The van der Waals surface area contributed by atoms with Gasteiger partial charge in [-0.2, -0.15) is 8.42 Å². The molecule has 7 heteroatoms. The van der Waals surface area contributed by atoms with Gasteiger partial charge >= 0.3 is 29.6 Å². The summed E-state index contributed by atoms with van der Waals surface area (Å²) in [7, 11) is -4.48. The van der Waals surface area contributed by atoms with Crippen LogP contribution in [-0.2, 0) is 14.9 Å². The predicted octanol–water partition coefficient (Wildman–Crippen LogP) is 0.206. The summed E-state index contributed by atoms with van der Waals surface area (Å²) in [5.74, 6) is -0.324. The van der Waals surface area contributed by atoms with Crippen LogP contribution in [0.15, 0.2) is 76.7 Å². The van der Waals surface area contributed by atoms with Crippen molar-refractivity contribution in [2.45, 2.75) is 18.7 Å². The Hall–Kier alpha value is -1.96. The van der Waals surface area contributed by atoms with Crippen LogP contribution in [0.1, 0.15) is 23.6 Å². The molecule has 2 aromatic rings. The van der Waals surface area contributed by atoms with Gasteiger partial charge < -0.3 is 5.11 Å². The van der Waals surface area contributed by atoms with Crippen LogP contribution in [0.2, 0.25) is 0 Å². The zero-order chi connectivity index (χ0) is 19.8. The molecule has 0 saturated heterocycles. The van der Waals surface area contributed by atoms with Crippen molar-refractivity contribution in [1.29, 1.82) is 0 Å². The summed E-state index contributed by atoms with van der Waals surface area (Å²) < 4.78 is 33.6. The Bertz CT molecular complexity index is 1140. The summed E-state index contributed by atoms with van der Waals surface area (Å²) in [5, 5.41) is 11.7. The van der Waals surface area contributed by atoms with Crippen molar-refractivity contribution < 1.29 is 52.4 Å². The molecule has 28 heavy (non-hydrogen) atoms. The van der Waals surface area contributed by atoms with Gasteiger partial charge in [0.25, 0.3) is 10.1 Å². The summed E-state index contributed by atoms with van der Waals surface area (Å²) in [6.45, 7) is 3.51. The fourth-order valence-corrected chi connectivity index (χ4v) is 3.87. The van der Waals surface area contributed by atoms with E-state index in [0.29, 0.717) is 33.4 Å². The fraction of sp³-hybridized carbons (Fsp3) is 0.0952. The number of carbonyl (C=O) groups is 1. The van der Waals surface area contributed by atoms with Gasteiger partial charge in [0.15, 0.2) is 5.78 Å². The number of ketones is 1. The van der Waals surface area contributed by atoms with Crippen LogP contribution in [0.25, 0.3) is 5.57 Å². The van der Waals surface area contributed by atoms with Gasteiger partial charge in [-0.1, -0.05) is 42.5 Å². The Morgan fingerprint density at radius 1 is 1.00 bits per heavy atom. The van der Waals surface area contributed by atoms with Crippen LogP contribution in [0, 0.1) is 6.92 Å². The van der Waals surface area contributed by atoms with Crippen molar-refractivity contribution in [1.82, 2.24) is 0 Å². The standard InChI is InChI=1S/C21H18O5S.Na/c1-13-11-15(22)7-9-17(13)21(18-10-8-16(23)12-14(18)2)19-5-3-4-6-20(19)27(24,25)26;/h3-12,22H,1-2H3,(H,24,25,26);/q;+1/p-1. The number of carbonyl (C=O) groups excluding carboxylic acids is 1. The van der Waals surface area contributed by atoms with Gasteiger partial charge in [-0.05, 0) is 59.9 Å². The Morgan fingerprint density at radius 2 is 1.68 bits per heavy atom. The van der Waals surface area contributed by atoms with E-state index in [-0.39, 0.29) is 46.0 Å². The SMILES string of the molecule is CC1=CC(=O)C=CC1=C(c1ccc([O-])cc1C)c1ccccc1S(=O)(=O)O.[Na+]. The van der Waals surface area contributed by atoms with Crippen molar-refractivity contribution in [3.05, 3.63) is 88.5 Å². The monoisotopic (exact) mass is 404 g/mol. The summed E-state index contributed by atoms with van der Waals surface area (Å²) in [5.41, 5.74) is 3.43. The molecule has 1 aliphatic rings. The van der Waals surface area contributed by atoms with Crippen LogP contribution >= 0.6 is 0 Å². The summed E-state index contributed by atoms with van der Waals surface area (Å²) in [4.78, 5) is 11.4. The molecule has 3 rings (SSSR count). The minimum atomic E-state index is -4.48. The van der Waals surface area contributed by atoms with E-state index in [0.717, 1.165) is 0 Å². The molecule has 0 saturated carbocycles. The second-order valence-corrected chi connectivity index (χ2v) is 7.69. The number of aryl methyl sites for hydroxylation is 1. The molecular formula is C21H17NaO5S. The third kappa shape index (κ3) is 4.54. The third-order valence-electron chi connectivity index (χ3n) is 4.37. The molecule has 0 radical (unpaired) electrons. The number of benzene rings is 2. The zero-order valence-corrected chi connectivity index (χ0v) is 18.6. The molecule has 0 atom stereocenters. The summed E-state index contributed by atoms with van der Waals surface area (Å²) in [6.07, 6.45) is 4.48. The first kappa shape index (κ1) is 22.3. The van der Waals surface area contributed by atoms with E-state index in [1.54, 1.807) is 38.1 Å². The minimum absolute atomic E-state index is 0. The topological polar surface area (TPSA) is 94.5 Å². The normalized spacial score (nSPS) is 15.7. The number of hydrogen-bond acceptors (Lipinski definition) is 4. The van der Waals surface area contributed by atoms with Gasteiger partial charge in [0.1, 0.15) is 4.90 Å². The van der Waals surface area contributed by atoms with Crippen LogP contribution in [0.5, 0.6) is 5.75 Å². The summed E-state index contributed by atoms with van der Waals surface area (Å²) in [6, 6.07) is 10.6. The molecule has 0 aliphatic heterocycles. The molecule has 0 bridgehead atoms. The Labute approximate surface area is 186 Å². The van der Waals surface area contributed by atoms with Gasteiger partial charge in [0.05, 0.1) is 0 Å². The first-order valence-electron chi connectivity index (χ1n) is 8.18. The average molecular weight is 404 g/mol. The molecular weight excluding hydrogens is 387 g/mol. The molecule has 0 unspecified atom stereocenters. The van der Waals surface area contributed by atoms with Crippen molar-refractivity contribution >= 4 is 21.5 Å². The van der Waals surface area contributed by atoms with Gasteiger partial charge in [-0.3, -0.25) is 9.35 Å². The van der Waals surface area contributed by atoms with Crippen molar-refractivity contribution in [2.75, 3.05) is 0 Å². The molecule has 1 aliphatic carbocycles. The minimum Gasteiger partial charge on any atom is -0.872 e. The smallest absolute Gasteiger partial charge is 0.872 e. The van der Waals surface area contributed by atoms with Gasteiger partial charge in [0, 0.05) is 5.56 Å². The van der Waals surface area contributed by atoms with E-state index < -0.39 is 10.1 Å². The van der Waals surface area contributed by atoms with Gasteiger partial charge in [-0.15, -0.1) is 5.75 Å². The van der Waals surface area contributed by atoms with E-state index in [1.165, 1.54) is 36.4 Å². The fourth-order valence-electron chi connectivity index (χ4n) is 3.17. The first-order chi connectivity index (χ1) is 12.7. The van der Waals surface area contributed by atoms with E-state index in [9.17, 15) is 22.9 Å². The third-order valence-corrected chi connectivity index (χ3v) is 5.28. The Kier molecular flexibility index (Phi) is 6.85. The Balaban J connectivity index is 0.00000280. The van der Waals surface area contributed by atoms with E-state index in [2.05, 4.69) is 0 Å². The molecule has 0 aromatic heterocycles. The molecule has 1 N–H and O–H groups in total. The average Bonchev–Trinajstić information content (AvgIpc) is 2.58. The molecule has 138 valence electrons. The number of rotatable bonds is 3. The van der Waals surface area contributed by atoms with Crippen LogP contribution in [-0.4, -0.2) is 18.8 Å². The quantitative estimate of drug-likeness (QED) is 0.583. The number of allylic oxidation sites excluding steroid dienone is 5. The van der Waals surface area contributed by atoms with E-state index in [1.807, 2.05) is 0 Å². The second kappa shape index (κ2) is 8.59. The van der Waals surface area contributed by atoms with E-state index >= 15 is 0 Å². The van der Waals surface area contributed by atoms with Crippen LogP contribution in [0.4, 0.5) is 0 Å². The predicted molar refractivity (Wildman–Crippen MR) is 101 cm³/mol. The van der Waals surface area contributed by atoms with Gasteiger partial charge in [0.2, 0.25) is 0 Å². The molecule has 0 heterocycles. The second-order valence-electron chi connectivity index (χ2n) is 6.30. The van der Waals surface area contributed by atoms with E-state index in [4.69, 9.17) is 0 Å². The maximum atomic E-state index is 11.9. The van der Waals surface area contributed by atoms with Crippen LogP contribution < -0.4 is 34.7 Å². The molecule has 0 spiro atoms. The Morgan fingerprint density at radius 3 is 2.29 bits per heavy atom. The molecule has 0 fully saturated rings. The zero-order valence-electron chi connectivity index (χ0n) is 15.8. The largest absolute Gasteiger partial charge is 1.00 e. The van der Waals surface area contributed by atoms with Crippen molar-refractivity contribution in [3.63, 3.8) is 0 Å². The molecule has 0 amide bonds. The van der Waals surface area contributed by atoms with Crippen molar-refractivity contribution in [2.24, 2.45) is 0 Å². The van der Waals surface area contributed by atoms with Crippen LogP contribution in [0.3, 0.4) is 0 Å². The maximum absolute atomic E-state index is 11.9. The molecule has 5 nitrogen and oxygen atoms in total. The number of hydrogen-bond donors (Lipinski definition) is 1. The summed E-state index contributed by atoms with van der Waals surface area (Å²) >= 11 is 0. The maximum Gasteiger partial charge on any atom is 1.00 e.